The van der Waals surface area contributed by atoms with E-state index in [0.717, 1.165) is 24.3 Å². The Morgan fingerprint density at radius 1 is 1.50 bits per heavy atom. The third-order valence-corrected chi connectivity index (χ3v) is 2.71. The first-order valence-corrected chi connectivity index (χ1v) is 6.21. The number of nitrogens with zero attached hydrogens (tertiary/aromatic N) is 2. The van der Waals surface area contributed by atoms with Crippen molar-refractivity contribution in [2.75, 3.05) is 25.0 Å². The van der Waals surface area contributed by atoms with Gasteiger partial charge in [-0.1, -0.05) is 13.0 Å². The van der Waals surface area contributed by atoms with Gasteiger partial charge in [-0.2, -0.15) is 5.26 Å². The highest BCUT2D eigenvalue weighted by atomic mass is 16.3. The van der Waals surface area contributed by atoms with E-state index in [1.165, 1.54) is 0 Å². The first-order chi connectivity index (χ1) is 8.58. The van der Waals surface area contributed by atoms with Gasteiger partial charge in [-0.05, 0) is 31.2 Å². The van der Waals surface area contributed by atoms with Gasteiger partial charge in [0.25, 0.3) is 0 Å². The summed E-state index contributed by atoms with van der Waals surface area (Å²) in [5.41, 5.74) is 2.61. The number of nitrogens with one attached hydrogen (secondary N) is 1. The molecule has 1 rings (SSSR count). The second-order valence-electron chi connectivity index (χ2n) is 4.47. The van der Waals surface area contributed by atoms with Gasteiger partial charge in [0, 0.05) is 20.1 Å². The van der Waals surface area contributed by atoms with E-state index in [1.807, 2.05) is 30.1 Å². The quantitative estimate of drug-likeness (QED) is 0.799. The van der Waals surface area contributed by atoms with E-state index in [9.17, 15) is 10.4 Å². The third-order valence-electron chi connectivity index (χ3n) is 2.71. The zero-order valence-electron chi connectivity index (χ0n) is 11.3. The van der Waals surface area contributed by atoms with Crippen LogP contribution < -0.4 is 10.2 Å². The molecule has 18 heavy (non-hydrogen) atoms. The Labute approximate surface area is 109 Å². The molecule has 1 aromatic rings. The molecule has 0 amide bonds. The number of likely N-dealkylation sites (N-methyl/N-ethyl adjacent to an activating group) is 1. The molecule has 0 aliphatic heterocycles. The van der Waals surface area contributed by atoms with Crippen LogP contribution in [0, 0.1) is 11.3 Å². The molecule has 1 atom stereocenters. The Hall–Kier alpha value is -1.57. The van der Waals surface area contributed by atoms with Crippen molar-refractivity contribution in [2.45, 2.75) is 26.5 Å². The van der Waals surface area contributed by atoms with Crippen molar-refractivity contribution in [2.24, 2.45) is 0 Å². The van der Waals surface area contributed by atoms with Gasteiger partial charge in [0.1, 0.15) is 6.07 Å². The van der Waals surface area contributed by atoms with Crippen LogP contribution in [0.4, 0.5) is 5.69 Å². The minimum Gasteiger partial charge on any atom is -0.392 e. The van der Waals surface area contributed by atoms with Crippen molar-refractivity contribution in [3.05, 3.63) is 29.3 Å². The summed E-state index contributed by atoms with van der Waals surface area (Å²) in [7, 11) is 1.88. The van der Waals surface area contributed by atoms with E-state index in [-0.39, 0.29) is 0 Å². The van der Waals surface area contributed by atoms with Crippen LogP contribution in [0.5, 0.6) is 0 Å². The number of aliphatic hydroxyl groups excluding tert-OH is 1. The zero-order chi connectivity index (χ0) is 13.5. The van der Waals surface area contributed by atoms with Gasteiger partial charge in [0.15, 0.2) is 0 Å². The molecule has 0 fully saturated rings. The van der Waals surface area contributed by atoms with Crippen LogP contribution in [-0.4, -0.2) is 31.3 Å². The van der Waals surface area contributed by atoms with E-state index in [0.29, 0.717) is 12.1 Å². The molecule has 0 radical (unpaired) electrons. The largest absolute Gasteiger partial charge is 0.392 e. The number of aliphatic hydroxyl groups is 1. The summed E-state index contributed by atoms with van der Waals surface area (Å²) in [6.07, 6.45) is -0.414. The molecule has 0 heterocycles. The van der Waals surface area contributed by atoms with E-state index in [1.54, 1.807) is 6.92 Å². The van der Waals surface area contributed by atoms with Crippen LogP contribution >= 0.6 is 0 Å². The topological polar surface area (TPSA) is 59.3 Å². The summed E-state index contributed by atoms with van der Waals surface area (Å²) in [5.74, 6) is 0. The number of rotatable bonds is 6. The molecule has 4 heteroatoms. The predicted molar refractivity (Wildman–Crippen MR) is 73.5 cm³/mol. The normalized spacial score (nSPS) is 11.9. The minimum atomic E-state index is -0.414. The van der Waals surface area contributed by atoms with Crippen LogP contribution in [0.1, 0.15) is 25.0 Å². The lowest BCUT2D eigenvalue weighted by Gasteiger charge is -2.22. The molecule has 98 valence electrons. The van der Waals surface area contributed by atoms with E-state index in [4.69, 9.17) is 0 Å². The summed E-state index contributed by atoms with van der Waals surface area (Å²) in [6, 6.07) is 8.06. The monoisotopic (exact) mass is 247 g/mol. The lowest BCUT2D eigenvalue weighted by atomic mass is 10.1. The Balaban J connectivity index is 2.90. The SMILES string of the molecule is CCNCc1ccc(N(C)CC(C)O)c(C#N)c1. The highest BCUT2D eigenvalue weighted by Gasteiger charge is 2.10. The third kappa shape index (κ3) is 4.02. The molecular formula is C14H21N3O. The standard InChI is InChI=1S/C14H21N3O/c1-4-16-9-12-5-6-14(13(7-12)8-15)17(3)10-11(2)18/h5-7,11,16,18H,4,9-10H2,1-3H3. The predicted octanol–water partition coefficient (Wildman–Crippen LogP) is 1.48. The summed E-state index contributed by atoms with van der Waals surface area (Å²) in [6.45, 7) is 5.98. The molecule has 0 saturated heterocycles. The van der Waals surface area contributed by atoms with Crippen molar-refractivity contribution in [1.29, 1.82) is 5.26 Å². The smallest absolute Gasteiger partial charge is 0.101 e. The lowest BCUT2D eigenvalue weighted by Crippen LogP contribution is -2.27. The Bertz CT molecular complexity index is 424. The van der Waals surface area contributed by atoms with Crippen molar-refractivity contribution in [3.8, 4) is 6.07 Å². The molecule has 1 unspecified atom stereocenters. The lowest BCUT2D eigenvalue weighted by molar-refractivity contribution is 0.201. The molecule has 0 aromatic heterocycles. The first-order valence-electron chi connectivity index (χ1n) is 6.21. The number of benzene rings is 1. The average Bonchev–Trinajstić information content (AvgIpc) is 2.35. The molecule has 4 nitrogen and oxygen atoms in total. The van der Waals surface area contributed by atoms with E-state index >= 15 is 0 Å². The van der Waals surface area contributed by atoms with Crippen LogP contribution in [-0.2, 0) is 6.54 Å². The minimum absolute atomic E-state index is 0.414. The second-order valence-corrected chi connectivity index (χ2v) is 4.47. The highest BCUT2D eigenvalue weighted by Crippen LogP contribution is 2.20. The van der Waals surface area contributed by atoms with Gasteiger partial charge in [0.05, 0.1) is 17.4 Å². The van der Waals surface area contributed by atoms with Gasteiger partial charge in [0.2, 0.25) is 0 Å². The molecule has 0 bridgehead atoms. The number of hydrogen-bond acceptors (Lipinski definition) is 4. The van der Waals surface area contributed by atoms with Gasteiger partial charge >= 0.3 is 0 Å². The fourth-order valence-electron chi connectivity index (χ4n) is 1.88. The summed E-state index contributed by atoms with van der Waals surface area (Å²) in [5, 5.41) is 21.8. The van der Waals surface area contributed by atoms with Crippen molar-refractivity contribution >= 4 is 5.69 Å². The molecule has 2 N–H and O–H groups in total. The zero-order valence-corrected chi connectivity index (χ0v) is 11.3. The molecular weight excluding hydrogens is 226 g/mol. The number of anilines is 1. The summed E-state index contributed by atoms with van der Waals surface area (Å²) in [4.78, 5) is 1.90. The van der Waals surface area contributed by atoms with Crippen molar-refractivity contribution in [1.82, 2.24) is 5.32 Å². The Morgan fingerprint density at radius 3 is 2.78 bits per heavy atom. The fourth-order valence-corrected chi connectivity index (χ4v) is 1.88. The fraction of sp³-hybridized carbons (Fsp3) is 0.500. The van der Waals surface area contributed by atoms with Crippen LogP contribution in [0.2, 0.25) is 0 Å². The van der Waals surface area contributed by atoms with Gasteiger partial charge in [-0.25, -0.2) is 0 Å². The maximum atomic E-state index is 9.38. The first kappa shape index (κ1) is 14.5. The van der Waals surface area contributed by atoms with Gasteiger partial charge < -0.3 is 15.3 Å². The van der Waals surface area contributed by atoms with Crippen molar-refractivity contribution < 1.29 is 5.11 Å². The number of nitriles is 1. The second kappa shape index (κ2) is 7.00. The maximum Gasteiger partial charge on any atom is 0.101 e. The molecule has 1 aromatic carbocycles. The summed E-state index contributed by atoms with van der Waals surface area (Å²) >= 11 is 0. The van der Waals surface area contributed by atoms with Crippen molar-refractivity contribution in [3.63, 3.8) is 0 Å². The molecule has 0 saturated carbocycles. The Morgan fingerprint density at radius 2 is 2.22 bits per heavy atom. The Kier molecular flexibility index (Phi) is 5.63. The molecule has 0 spiro atoms. The average molecular weight is 247 g/mol. The van der Waals surface area contributed by atoms with Crippen LogP contribution in [0.3, 0.4) is 0 Å². The van der Waals surface area contributed by atoms with Crippen LogP contribution in [0.15, 0.2) is 18.2 Å². The highest BCUT2D eigenvalue weighted by molar-refractivity contribution is 5.60. The van der Waals surface area contributed by atoms with Crippen LogP contribution in [0.25, 0.3) is 0 Å². The molecule has 0 aliphatic rings. The maximum absolute atomic E-state index is 9.38. The number of hydrogen-bond donors (Lipinski definition) is 2. The molecule has 0 aliphatic carbocycles. The van der Waals surface area contributed by atoms with Gasteiger partial charge in [-0.3, -0.25) is 0 Å². The summed E-state index contributed by atoms with van der Waals surface area (Å²) < 4.78 is 0. The van der Waals surface area contributed by atoms with E-state index in [2.05, 4.69) is 18.3 Å². The van der Waals surface area contributed by atoms with Gasteiger partial charge in [-0.15, -0.1) is 0 Å². The van der Waals surface area contributed by atoms with E-state index < -0.39 is 6.10 Å².